The lowest BCUT2D eigenvalue weighted by molar-refractivity contribution is 0.102. The van der Waals surface area contributed by atoms with Gasteiger partial charge in [-0.15, -0.1) is 11.3 Å². The largest absolute Gasteiger partial charge is 0.497 e. The van der Waals surface area contributed by atoms with E-state index in [1.165, 1.54) is 11.3 Å². The standard InChI is InChI=1S/C20H13BrN2O4S/c1-26-14-6-7-17-12(8-14)9-15(19(25)27-17)16-10-28-20(22-16)23-18(24)11-2-4-13(21)5-3-11/h2-10H,1H3,(H,22,23,24). The van der Waals surface area contributed by atoms with Crippen LogP contribution in [0, 0.1) is 0 Å². The van der Waals surface area contributed by atoms with Gasteiger partial charge in [0.05, 0.1) is 18.4 Å². The Hall–Kier alpha value is -2.97. The normalized spacial score (nSPS) is 10.8. The summed E-state index contributed by atoms with van der Waals surface area (Å²) in [7, 11) is 1.57. The number of nitrogens with zero attached hydrogens (tertiary/aromatic N) is 1. The number of thiazole rings is 1. The number of carbonyl (C=O) groups excluding carboxylic acids is 1. The van der Waals surface area contributed by atoms with Gasteiger partial charge in [-0.1, -0.05) is 15.9 Å². The first-order chi connectivity index (χ1) is 13.5. The number of halogens is 1. The van der Waals surface area contributed by atoms with Crippen molar-refractivity contribution < 1.29 is 13.9 Å². The van der Waals surface area contributed by atoms with Crippen LogP contribution in [0.15, 0.2) is 67.6 Å². The minimum atomic E-state index is -0.492. The lowest BCUT2D eigenvalue weighted by atomic mass is 10.1. The number of carbonyl (C=O) groups is 1. The van der Waals surface area contributed by atoms with E-state index < -0.39 is 5.63 Å². The van der Waals surface area contributed by atoms with Gasteiger partial charge in [-0.25, -0.2) is 9.78 Å². The number of ether oxygens (including phenoxy) is 1. The lowest BCUT2D eigenvalue weighted by Crippen LogP contribution is -2.11. The number of rotatable bonds is 4. The maximum Gasteiger partial charge on any atom is 0.345 e. The monoisotopic (exact) mass is 456 g/mol. The molecule has 6 nitrogen and oxygen atoms in total. The highest BCUT2D eigenvalue weighted by atomic mass is 79.9. The molecule has 1 N–H and O–H groups in total. The average Bonchev–Trinajstić information content (AvgIpc) is 3.15. The van der Waals surface area contributed by atoms with E-state index in [0.29, 0.717) is 33.3 Å². The topological polar surface area (TPSA) is 81.4 Å². The van der Waals surface area contributed by atoms with Crippen molar-refractivity contribution >= 4 is 49.3 Å². The first kappa shape index (κ1) is 18.4. The van der Waals surface area contributed by atoms with Gasteiger partial charge >= 0.3 is 5.63 Å². The minimum absolute atomic E-state index is 0.274. The van der Waals surface area contributed by atoms with Crippen LogP contribution in [0.4, 0.5) is 5.13 Å². The van der Waals surface area contributed by atoms with Crippen molar-refractivity contribution in [1.29, 1.82) is 0 Å². The molecule has 0 radical (unpaired) electrons. The first-order valence-electron chi connectivity index (χ1n) is 8.18. The molecule has 28 heavy (non-hydrogen) atoms. The van der Waals surface area contributed by atoms with Crippen LogP contribution in [-0.2, 0) is 0 Å². The van der Waals surface area contributed by atoms with E-state index in [0.717, 1.165) is 9.86 Å². The Balaban J connectivity index is 1.63. The van der Waals surface area contributed by atoms with Gasteiger partial charge in [0.2, 0.25) is 0 Å². The van der Waals surface area contributed by atoms with Crippen LogP contribution in [-0.4, -0.2) is 18.0 Å². The summed E-state index contributed by atoms with van der Waals surface area (Å²) in [5.74, 6) is 0.386. The summed E-state index contributed by atoms with van der Waals surface area (Å²) in [5.41, 5.74) is 1.25. The molecule has 0 saturated carbocycles. The van der Waals surface area contributed by atoms with Gasteiger partial charge in [0.1, 0.15) is 11.3 Å². The zero-order chi connectivity index (χ0) is 19.7. The number of aromatic nitrogens is 1. The molecule has 0 aliphatic rings. The number of fused-ring (bicyclic) bond motifs is 1. The summed E-state index contributed by atoms with van der Waals surface area (Å²) in [6.45, 7) is 0. The van der Waals surface area contributed by atoms with Crippen LogP contribution in [0.5, 0.6) is 5.75 Å². The molecule has 0 aliphatic heterocycles. The molecule has 0 unspecified atom stereocenters. The predicted molar refractivity (Wildman–Crippen MR) is 112 cm³/mol. The van der Waals surface area contributed by atoms with E-state index in [9.17, 15) is 9.59 Å². The van der Waals surface area contributed by atoms with Gasteiger partial charge in [-0.2, -0.15) is 0 Å². The quantitative estimate of drug-likeness (QED) is 0.439. The fourth-order valence-corrected chi connectivity index (χ4v) is 3.60. The van der Waals surface area contributed by atoms with Crippen LogP contribution >= 0.6 is 27.3 Å². The van der Waals surface area contributed by atoms with E-state index in [-0.39, 0.29) is 5.91 Å². The third kappa shape index (κ3) is 3.69. The SMILES string of the molecule is COc1ccc2oc(=O)c(-c3csc(NC(=O)c4ccc(Br)cc4)n3)cc2c1. The molecule has 0 atom stereocenters. The van der Waals surface area contributed by atoms with Crippen molar-refractivity contribution in [2.75, 3.05) is 12.4 Å². The summed E-state index contributed by atoms with van der Waals surface area (Å²) in [6, 6.07) is 13.9. The second-order valence-corrected chi connectivity index (χ2v) is 7.62. The van der Waals surface area contributed by atoms with E-state index in [1.54, 1.807) is 61.0 Å². The molecule has 2 aromatic heterocycles. The third-order valence-corrected chi connectivity index (χ3v) is 5.33. The van der Waals surface area contributed by atoms with Crippen molar-refractivity contribution in [1.82, 2.24) is 4.98 Å². The maximum atomic E-state index is 12.3. The zero-order valence-corrected chi connectivity index (χ0v) is 17.0. The third-order valence-electron chi connectivity index (χ3n) is 4.05. The molecule has 8 heteroatoms. The summed E-state index contributed by atoms with van der Waals surface area (Å²) in [4.78, 5) is 29.0. The Morgan fingerprint density at radius 1 is 1.18 bits per heavy atom. The summed E-state index contributed by atoms with van der Waals surface area (Å²) >= 11 is 4.57. The molecule has 0 saturated heterocycles. The molecule has 4 rings (SSSR count). The molecule has 2 aromatic carbocycles. The zero-order valence-electron chi connectivity index (χ0n) is 14.6. The van der Waals surface area contributed by atoms with Gasteiger partial charge in [0.15, 0.2) is 5.13 Å². The van der Waals surface area contributed by atoms with E-state index >= 15 is 0 Å². The number of amides is 1. The number of hydrogen-bond acceptors (Lipinski definition) is 6. The first-order valence-corrected chi connectivity index (χ1v) is 9.85. The van der Waals surface area contributed by atoms with Gasteiger partial charge in [0, 0.05) is 20.8 Å². The molecule has 1 amide bonds. The van der Waals surface area contributed by atoms with Crippen molar-refractivity contribution in [2.24, 2.45) is 0 Å². The molecule has 140 valence electrons. The molecular formula is C20H13BrN2O4S. The van der Waals surface area contributed by atoms with Gasteiger partial charge < -0.3 is 9.15 Å². The number of nitrogens with one attached hydrogen (secondary N) is 1. The number of hydrogen-bond donors (Lipinski definition) is 1. The number of benzene rings is 2. The molecule has 0 aliphatic carbocycles. The van der Waals surface area contributed by atoms with Crippen molar-refractivity contribution in [3.63, 3.8) is 0 Å². The Kier molecular flexibility index (Phi) is 4.97. The van der Waals surface area contributed by atoms with Gasteiger partial charge in [-0.05, 0) is 48.5 Å². The second-order valence-electron chi connectivity index (χ2n) is 5.85. The van der Waals surface area contributed by atoms with Crippen molar-refractivity contribution in [3.8, 4) is 17.0 Å². The van der Waals surface area contributed by atoms with Gasteiger partial charge in [-0.3, -0.25) is 10.1 Å². The minimum Gasteiger partial charge on any atom is -0.497 e. The molecule has 2 heterocycles. The average molecular weight is 457 g/mol. The highest BCUT2D eigenvalue weighted by Gasteiger charge is 2.14. The number of anilines is 1. The molecule has 0 fully saturated rings. The fourth-order valence-electron chi connectivity index (χ4n) is 2.63. The van der Waals surface area contributed by atoms with Crippen LogP contribution in [0.25, 0.3) is 22.2 Å². The second kappa shape index (κ2) is 7.57. The summed E-state index contributed by atoms with van der Waals surface area (Å²) in [6.07, 6.45) is 0. The van der Waals surface area contributed by atoms with E-state index in [4.69, 9.17) is 9.15 Å². The lowest BCUT2D eigenvalue weighted by Gasteiger charge is -2.03. The van der Waals surface area contributed by atoms with Crippen molar-refractivity contribution in [3.05, 3.63) is 74.4 Å². The highest BCUT2D eigenvalue weighted by Crippen LogP contribution is 2.27. The Labute approximate surface area is 171 Å². The van der Waals surface area contributed by atoms with Gasteiger partial charge in [0.25, 0.3) is 5.91 Å². The Bertz CT molecular complexity index is 1230. The van der Waals surface area contributed by atoms with Crippen LogP contribution in [0.2, 0.25) is 0 Å². The Morgan fingerprint density at radius 3 is 2.71 bits per heavy atom. The summed E-state index contributed by atoms with van der Waals surface area (Å²) < 4.78 is 11.5. The van der Waals surface area contributed by atoms with Crippen LogP contribution in [0.3, 0.4) is 0 Å². The molecule has 0 bridgehead atoms. The summed E-state index contributed by atoms with van der Waals surface area (Å²) in [5, 5.41) is 5.57. The fraction of sp³-hybridized carbons (Fsp3) is 0.0500. The smallest absolute Gasteiger partial charge is 0.345 e. The van der Waals surface area contributed by atoms with Crippen molar-refractivity contribution in [2.45, 2.75) is 0 Å². The molecule has 4 aromatic rings. The number of methoxy groups -OCH3 is 1. The molecule has 0 spiro atoms. The maximum absolute atomic E-state index is 12.3. The van der Waals surface area contributed by atoms with E-state index in [1.807, 2.05) is 0 Å². The molecular weight excluding hydrogens is 444 g/mol. The predicted octanol–water partition coefficient (Wildman–Crippen LogP) is 4.94. The Morgan fingerprint density at radius 2 is 1.96 bits per heavy atom. The van der Waals surface area contributed by atoms with E-state index in [2.05, 4.69) is 26.2 Å². The highest BCUT2D eigenvalue weighted by molar-refractivity contribution is 9.10. The van der Waals surface area contributed by atoms with Crippen LogP contribution < -0.4 is 15.7 Å². The van der Waals surface area contributed by atoms with Crippen LogP contribution in [0.1, 0.15) is 10.4 Å².